The van der Waals surface area contributed by atoms with Gasteiger partial charge in [-0.25, -0.2) is 4.79 Å². The van der Waals surface area contributed by atoms with Crippen LogP contribution >= 0.6 is 0 Å². The molecule has 0 saturated carbocycles. The third kappa shape index (κ3) is 3.00. The van der Waals surface area contributed by atoms with Crippen molar-refractivity contribution in [3.8, 4) is 0 Å². The van der Waals surface area contributed by atoms with Gasteiger partial charge in [-0.15, -0.1) is 0 Å². The Hall–Kier alpha value is -3.64. The Bertz CT molecular complexity index is 1010. The van der Waals surface area contributed by atoms with Gasteiger partial charge in [-0.3, -0.25) is 9.69 Å². The van der Waals surface area contributed by atoms with E-state index in [9.17, 15) is 14.7 Å². The third-order valence-electron chi connectivity index (χ3n) is 4.70. The number of carbonyl (C=O) groups excluding carboxylic acids is 2. The van der Waals surface area contributed by atoms with E-state index in [-0.39, 0.29) is 6.54 Å². The molecule has 0 aliphatic carbocycles. The predicted octanol–water partition coefficient (Wildman–Crippen LogP) is 3.20. The number of benzene rings is 3. The van der Waals surface area contributed by atoms with Crippen LogP contribution in [0, 0.1) is 0 Å². The molecule has 3 aromatic rings. The summed E-state index contributed by atoms with van der Waals surface area (Å²) in [7, 11) is 0. The number of rotatable bonds is 4. The smallest absolute Gasteiger partial charge is 0.329 e. The number of anilines is 2. The van der Waals surface area contributed by atoms with Gasteiger partial charge in [0.05, 0.1) is 5.69 Å². The molecule has 0 saturated heterocycles. The second kappa shape index (κ2) is 7.17. The van der Waals surface area contributed by atoms with Gasteiger partial charge < -0.3 is 15.7 Å². The van der Waals surface area contributed by atoms with Crippen molar-refractivity contribution in [2.75, 3.05) is 10.2 Å². The van der Waals surface area contributed by atoms with E-state index in [1.807, 2.05) is 30.3 Å². The summed E-state index contributed by atoms with van der Waals surface area (Å²) in [5.41, 5.74) is -0.179. The number of hydrogen-bond acceptors (Lipinski definition) is 3. The molecule has 1 unspecified atom stereocenters. The minimum absolute atomic E-state index is 0.231. The zero-order valence-electron chi connectivity index (χ0n) is 15.0. The van der Waals surface area contributed by atoms with Crippen LogP contribution in [0.25, 0.3) is 0 Å². The van der Waals surface area contributed by atoms with E-state index in [1.165, 1.54) is 0 Å². The predicted molar refractivity (Wildman–Crippen MR) is 107 cm³/mol. The van der Waals surface area contributed by atoms with Crippen LogP contribution in [-0.2, 0) is 17.1 Å². The van der Waals surface area contributed by atoms with Gasteiger partial charge in [0.25, 0.3) is 11.6 Å². The molecule has 28 heavy (non-hydrogen) atoms. The van der Waals surface area contributed by atoms with E-state index in [1.54, 1.807) is 54.6 Å². The van der Waals surface area contributed by atoms with Crippen molar-refractivity contribution in [2.45, 2.75) is 12.3 Å². The van der Waals surface area contributed by atoms with E-state index < -0.39 is 17.7 Å². The summed E-state index contributed by atoms with van der Waals surface area (Å²) in [6.07, 6.45) is 0. The monoisotopic (exact) mass is 373 g/mol. The minimum Gasteiger partial charge on any atom is -0.359 e. The maximum Gasteiger partial charge on any atom is 0.329 e. The van der Waals surface area contributed by atoms with Crippen molar-refractivity contribution in [2.24, 2.45) is 0 Å². The zero-order chi connectivity index (χ0) is 19.6. The van der Waals surface area contributed by atoms with Gasteiger partial charge in [-0.1, -0.05) is 66.7 Å². The molecule has 0 aromatic heterocycles. The van der Waals surface area contributed by atoms with Crippen molar-refractivity contribution in [3.63, 3.8) is 0 Å². The summed E-state index contributed by atoms with van der Waals surface area (Å²) < 4.78 is 0. The molecular formula is C22H19N3O3. The fraction of sp³-hybridized carbons (Fsp3) is 0.0909. The van der Waals surface area contributed by atoms with Crippen molar-refractivity contribution in [1.82, 2.24) is 5.32 Å². The molecule has 0 radical (unpaired) electrons. The molecule has 140 valence electrons. The van der Waals surface area contributed by atoms with Gasteiger partial charge in [0.2, 0.25) is 0 Å². The molecule has 3 aromatic carbocycles. The van der Waals surface area contributed by atoms with Gasteiger partial charge in [0, 0.05) is 17.8 Å². The Morgan fingerprint density at radius 1 is 0.929 bits per heavy atom. The largest absolute Gasteiger partial charge is 0.359 e. The van der Waals surface area contributed by atoms with E-state index in [0.717, 1.165) is 10.5 Å². The summed E-state index contributed by atoms with van der Waals surface area (Å²) in [6, 6.07) is 24.2. The number of fused-ring (bicyclic) bond motifs is 1. The number of aliphatic hydroxyl groups is 1. The Kier molecular flexibility index (Phi) is 4.55. The Morgan fingerprint density at radius 3 is 2.25 bits per heavy atom. The van der Waals surface area contributed by atoms with Crippen molar-refractivity contribution < 1.29 is 14.7 Å². The number of hydrogen-bond donors (Lipinski definition) is 3. The van der Waals surface area contributed by atoms with Crippen LogP contribution in [-0.4, -0.2) is 17.0 Å². The van der Waals surface area contributed by atoms with Crippen LogP contribution in [0.2, 0.25) is 0 Å². The lowest BCUT2D eigenvalue weighted by atomic mass is 9.94. The molecule has 1 aliphatic heterocycles. The second-order valence-electron chi connectivity index (χ2n) is 6.49. The Balaban J connectivity index is 1.76. The zero-order valence-corrected chi connectivity index (χ0v) is 15.0. The molecule has 0 spiro atoms. The molecular weight excluding hydrogens is 354 g/mol. The highest BCUT2D eigenvalue weighted by Crippen LogP contribution is 2.39. The standard InChI is InChI=1S/C22H19N3O3/c26-20(23-15-16-9-3-1-4-10-16)22(28)18-13-7-8-14-19(18)24-21(27)25(22)17-11-5-2-6-12-17/h1-14,28H,15H2,(H,23,26)(H,24,27). The number of nitrogens with zero attached hydrogens (tertiary/aromatic N) is 1. The lowest BCUT2D eigenvalue weighted by Gasteiger charge is -2.42. The van der Waals surface area contributed by atoms with Gasteiger partial charge in [0.1, 0.15) is 0 Å². The molecule has 1 atom stereocenters. The molecule has 3 N–H and O–H groups in total. The summed E-state index contributed by atoms with van der Waals surface area (Å²) in [5.74, 6) is -0.678. The highest BCUT2D eigenvalue weighted by molar-refractivity contribution is 6.11. The normalized spacial score (nSPS) is 18.2. The lowest BCUT2D eigenvalue weighted by Crippen LogP contribution is -2.62. The van der Waals surface area contributed by atoms with E-state index in [4.69, 9.17) is 0 Å². The molecule has 0 bridgehead atoms. The number of carbonyl (C=O) groups is 2. The van der Waals surface area contributed by atoms with Crippen LogP contribution in [0.4, 0.5) is 16.2 Å². The summed E-state index contributed by atoms with van der Waals surface area (Å²) in [6.45, 7) is 0.231. The highest BCUT2D eigenvalue weighted by atomic mass is 16.3. The minimum atomic E-state index is -2.19. The SMILES string of the molecule is O=C1Nc2ccccc2C(O)(C(=O)NCc2ccccc2)N1c1ccccc1. The number of urea groups is 1. The Labute approximate surface area is 162 Å². The average molecular weight is 373 g/mol. The first-order valence-corrected chi connectivity index (χ1v) is 8.91. The van der Waals surface area contributed by atoms with Gasteiger partial charge in [-0.2, -0.15) is 0 Å². The first-order chi connectivity index (χ1) is 13.6. The third-order valence-corrected chi connectivity index (χ3v) is 4.70. The molecule has 6 nitrogen and oxygen atoms in total. The Morgan fingerprint density at radius 2 is 1.54 bits per heavy atom. The summed E-state index contributed by atoms with van der Waals surface area (Å²) in [4.78, 5) is 27.1. The van der Waals surface area contributed by atoms with Crippen LogP contribution in [0.3, 0.4) is 0 Å². The molecule has 4 rings (SSSR count). The van der Waals surface area contributed by atoms with E-state index in [2.05, 4.69) is 10.6 Å². The molecule has 1 heterocycles. The van der Waals surface area contributed by atoms with Gasteiger partial charge >= 0.3 is 6.03 Å². The molecule has 0 fully saturated rings. The molecule has 1 aliphatic rings. The second-order valence-corrected chi connectivity index (χ2v) is 6.49. The molecule has 3 amide bonds. The topological polar surface area (TPSA) is 81.7 Å². The van der Waals surface area contributed by atoms with E-state index in [0.29, 0.717) is 16.9 Å². The average Bonchev–Trinajstić information content (AvgIpc) is 2.73. The first-order valence-electron chi connectivity index (χ1n) is 8.91. The van der Waals surface area contributed by atoms with Crippen LogP contribution in [0.5, 0.6) is 0 Å². The van der Waals surface area contributed by atoms with Crippen LogP contribution < -0.4 is 15.5 Å². The fourth-order valence-electron chi connectivity index (χ4n) is 3.34. The highest BCUT2D eigenvalue weighted by Gasteiger charge is 2.51. The van der Waals surface area contributed by atoms with Gasteiger partial charge in [0.15, 0.2) is 0 Å². The first kappa shape index (κ1) is 17.8. The number of para-hydroxylation sites is 2. The molecule has 6 heteroatoms. The van der Waals surface area contributed by atoms with Crippen molar-refractivity contribution in [1.29, 1.82) is 0 Å². The summed E-state index contributed by atoms with van der Waals surface area (Å²) >= 11 is 0. The van der Waals surface area contributed by atoms with E-state index >= 15 is 0 Å². The van der Waals surface area contributed by atoms with Gasteiger partial charge in [-0.05, 0) is 23.8 Å². The summed E-state index contributed by atoms with van der Waals surface area (Å²) in [5, 5.41) is 17.1. The lowest BCUT2D eigenvalue weighted by molar-refractivity contribution is -0.140. The fourth-order valence-corrected chi connectivity index (χ4v) is 3.34. The number of nitrogens with one attached hydrogen (secondary N) is 2. The quantitative estimate of drug-likeness (QED) is 0.657. The maximum absolute atomic E-state index is 13.2. The number of amides is 3. The van der Waals surface area contributed by atoms with Crippen molar-refractivity contribution >= 4 is 23.3 Å². The van der Waals surface area contributed by atoms with Crippen LogP contribution in [0.1, 0.15) is 11.1 Å². The maximum atomic E-state index is 13.2. The van der Waals surface area contributed by atoms with Crippen molar-refractivity contribution in [3.05, 3.63) is 96.1 Å². The van der Waals surface area contributed by atoms with Crippen LogP contribution in [0.15, 0.2) is 84.9 Å².